The summed E-state index contributed by atoms with van der Waals surface area (Å²) in [5, 5.41) is 0. The van der Waals surface area contributed by atoms with E-state index in [4.69, 9.17) is 0 Å². The second kappa shape index (κ2) is 2.26. The molecule has 2 rings (SSSR count). The van der Waals surface area contributed by atoms with E-state index in [2.05, 4.69) is 28.7 Å². The minimum atomic E-state index is 0.968. The van der Waals surface area contributed by atoms with Gasteiger partial charge in [-0.3, -0.25) is 0 Å². The van der Waals surface area contributed by atoms with Crippen molar-refractivity contribution < 1.29 is 0 Å². The normalized spacial score (nSPS) is 40.8. The third-order valence-electron chi connectivity index (χ3n) is 2.48. The monoisotopic (exact) mass is 234 g/mol. The number of hydrogen-bond donors (Lipinski definition) is 0. The molecule has 0 aromatic heterocycles. The number of rotatable bonds is 0. The maximum atomic E-state index is 2.49. The van der Waals surface area contributed by atoms with Gasteiger partial charge in [0.2, 0.25) is 0 Å². The van der Waals surface area contributed by atoms with Crippen molar-refractivity contribution in [2.24, 2.45) is 11.8 Å². The highest BCUT2D eigenvalue weighted by Crippen LogP contribution is 2.42. The van der Waals surface area contributed by atoms with Crippen LogP contribution in [0, 0.1) is 11.8 Å². The van der Waals surface area contributed by atoms with Crippen molar-refractivity contribution in [3.8, 4) is 0 Å². The zero-order chi connectivity index (χ0) is 6.27. The molecule has 50 valence electrons. The van der Waals surface area contributed by atoms with Crippen molar-refractivity contribution >= 4 is 22.6 Å². The van der Waals surface area contributed by atoms with Gasteiger partial charge in [0.25, 0.3) is 0 Å². The first-order chi connectivity index (χ1) is 4.34. The van der Waals surface area contributed by atoms with Crippen LogP contribution in [0.3, 0.4) is 0 Å². The van der Waals surface area contributed by atoms with E-state index in [0.717, 1.165) is 11.8 Å². The summed E-state index contributed by atoms with van der Waals surface area (Å²) >= 11 is 2.49. The largest absolute Gasteiger partial charge is 0.0721 e. The SMILES string of the molecule is IC1=C[C@H]2CC[C@@H](C1)C2. The van der Waals surface area contributed by atoms with Crippen LogP contribution in [0.2, 0.25) is 0 Å². The summed E-state index contributed by atoms with van der Waals surface area (Å²) in [5.74, 6) is 2.03. The van der Waals surface area contributed by atoms with E-state index in [0.29, 0.717) is 0 Å². The minimum Gasteiger partial charge on any atom is -0.0721 e. The van der Waals surface area contributed by atoms with E-state index in [9.17, 15) is 0 Å². The van der Waals surface area contributed by atoms with E-state index in [1.54, 1.807) is 3.58 Å². The van der Waals surface area contributed by atoms with Crippen LogP contribution in [0.4, 0.5) is 0 Å². The van der Waals surface area contributed by atoms with Crippen molar-refractivity contribution in [3.63, 3.8) is 0 Å². The highest BCUT2D eigenvalue weighted by molar-refractivity contribution is 14.1. The van der Waals surface area contributed by atoms with Gasteiger partial charge in [0.15, 0.2) is 0 Å². The predicted octanol–water partition coefficient (Wildman–Crippen LogP) is 3.13. The van der Waals surface area contributed by atoms with Crippen LogP contribution in [-0.2, 0) is 0 Å². The highest BCUT2D eigenvalue weighted by atomic mass is 127. The molecule has 0 spiro atoms. The zero-order valence-corrected chi connectivity index (χ0v) is 7.60. The molecule has 2 aliphatic rings. The molecule has 0 aromatic carbocycles. The lowest BCUT2D eigenvalue weighted by Crippen LogP contribution is -2.00. The smallest absolute Gasteiger partial charge is 0.0128 e. The molecule has 0 aromatic rings. The first-order valence-electron chi connectivity index (χ1n) is 3.71. The fourth-order valence-corrected chi connectivity index (χ4v) is 3.18. The number of fused-ring (bicyclic) bond motifs is 2. The van der Waals surface area contributed by atoms with Gasteiger partial charge in [-0.05, 0) is 63.7 Å². The van der Waals surface area contributed by atoms with Crippen molar-refractivity contribution in [2.75, 3.05) is 0 Å². The number of hydrogen-bond acceptors (Lipinski definition) is 0. The molecule has 0 nitrogen and oxygen atoms in total. The Balaban J connectivity index is 2.19. The van der Waals surface area contributed by atoms with Crippen LogP contribution >= 0.6 is 22.6 Å². The molecule has 0 unspecified atom stereocenters. The first-order valence-corrected chi connectivity index (χ1v) is 4.78. The lowest BCUT2D eigenvalue weighted by Gasteiger charge is -2.14. The average molecular weight is 234 g/mol. The van der Waals surface area contributed by atoms with E-state index in [1.807, 2.05) is 0 Å². The molecule has 9 heavy (non-hydrogen) atoms. The Morgan fingerprint density at radius 2 is 2.33 bits per heavy atom. The van der Waals surface area contributed by atoms with Crippen molar-refractivity contribution in [1.82, 2.24) is 0 Å². The third kappa shape index (κ3) is 1.16. The molecular formula is C8H11I. The van der Waals surface area contributed by atoms with Gasteiger partial charge in [0, 0.05) is 0 Å². The molecule has 0 N–H and O–H groups in total. The Bertz CT molecular complexity index is 149. The first kappa shape index (κ1) is 6.20. The number of halogens is 1. The van der Waals surface area contributed by atoms with E-state index in [-0.39, 0.29) is 0 Å². The van der Waals surface area contributed by atoms with E-state index < -0.39 is 0 Å². The lowest BCUT2D eigenvalue weighted by molar-refractivity contribution is 0.517. The molecule has 0 amide bonds. The van der Waals surface area contributed by atoms with E-state index in [1.165, 1.54) is 25.7 Å². The summed E-state index contributed by atoms with van der Waals surface area (Å²) in [6, 6.07) is 0. The minimum absolute atomic E-state index is 0.968. The van der Waals surface area contributed by atoms with Gasteiger partial charge in [-0.2, -0.15) is 0 Å². The van der Waals surface area contributed by atoms with Crippen molar-refractivity contribution in [3.05, 3.63) is 9.66 Å². The Hall–Kier alpha value is 0.470. The van der Waals surface area contributed by atoms with Crippen LogP contribution < -0.4 is 0 Å². The molecule has 0 heterocycles. The fourth-order valence-electron chi connectivity index (χ4n) is 2.05. The Labute approximate surface area is 69.9 Å². The van der Waals surface area contributed by atoms with Gasteiger partial charge in [-0.15, -0.1) is 0 Å². The Morgan fingerprint density at radius 3 is 3.11 bits per heavy atom. The molecule has 1 saturated carbocycles. The van der Waals surface area contributed by atoms with Gasteiger partial charge in [-0.1, -0.05) is 6.08 Å². The maximum absolute atomic E-state index is 2.49. The van der Waals surface area contributed by atoms with Gasteiger partial charge in [-0.25, -0.2) is 0 Å². The molecule has 0 radical (unpaired) electrons. The molecule has 1 heteroatoms. The van der Waals surface area contributed by atoms with Crippen LogP contribution in [-0.4, -0.2) is 0 Å². The second-order valence-corrected chi connectivity index (χ2v) is 4.64. The van der Waals surface area contributed by atoms with Gasteiger partial charge >= 0.3 is 0 Å². The molecule has 0 saturated heterocycles. The number of allylic oxidation sites excluding steroid dienone is 2. The third-order valence-corrected chi connectivity index (χ3v) is 3.28. The summed E-state index contributed by atoms with van der Waals surface area (Å²) < 4.78 is 1.62. The predicted molar refractivity (Wildman–Crippen MR) is 47.6 cm³/mol. The summed E-state index contributed by atoms with van der Waals surface area (Å²) in [5.41, 5.74) is 0. The molecular weight excluding hydrogens is 223 g/mol. The molecule has 2 aliphatic carbocycles. The van der Waals surface area contributed by atoms with E-state index >= 15 is 0 Å². The van der Waals surface area contributed by atoms with Crippen molar-refractivity contribution in [1.29, 1.82) is 0 Å². The summed E-state index contributed by atoms with van der Waals surface area (Å²) in [4.78, 5) is 0. The Kier molecular flexibility index (Phi) is 1.55. The fraction of sp³-hybridized carbons (Fsp3) is 0.750. The van der Waals surface area contributed by atoms with Crippen LogP contribution in [0.1, 0.15) is 25.7 Å². The molecule has 1 fully saturated rings. The quantitative estimate of drug-likeness (QED) is 0.565. The van der Waals surface area contributed by atoms with Crippen molar-refractivity contribution in [2.45, 2.75) is 25.7 Å². The molecule has 2 bridgehead atoms. The zero-order valence-electron chi connectivity index (χ0n) is 5.44. The van der Waals surface area contributed by atoms with Gasteiger partial charge in [0.1, 0.15) is 0 Å². The second-order valence-electron chi connectivity index (χ2n) is 3.26. The van der Waals surface area contributed by atoms with Crippen LogP contribution in [0.15, 0.2) is 9.66 Å². The topological polar surface area (TPSA) is 0 Å². The molecule has 0 aliphatic heterocycles. The summed E-state index contributed by atoms with van der Waals surface area (Å²) in [6.07, 6.45) is 8.32. The summed E-state index contributed by atoms with van der Waals surface area (Å²) in [6.45, 7) is 0. The highest BCUT2D eigenvalue weighted by Gasteiger charge is 2.27. The van der Waals surface area contributed by atoms with Crippen LogP contribution in [0.25, 0.3) is 0 Å². The van der Waals surface area contributed by atoms with Gasteiger partial charge in [0.05, 0.1) is 0 Å². The summed E-state index contributed by atoms with van der Waals surface area (Å²) in [7, 11) is 0. The standard InChI is InChI=1S/C8H11I/c9-8-4-6-1-2-7(3-6)5-8/h4,6-7H,1-3,5H2/t6-,7+/m0/s1. The van der Waals surface area contributed by atoms with Crippen LogP contribution in [0.5, 0.6) is 0 Å². The van der Waals surface area contributed by atoms with Gasteiger partial charge < -0.3 is 0 Å². The molecule has 2 atom stereocenters. The maximum Gasteiger partial charge on any atom is -0.0128 e. The average Bonchev–Trinajstić information content (AvgIpc) is 2.11. The lowest BCUT2D eigenvalue weighted by atomic mass is 9.96. The Morgan fingerprint density at radius 1 is 1.44 bits per heavy atom.